The first-order valence-electron chi connectivity index (χ1n) is 7.17. The lowest BCUT2D eigenvalue weighted by molar-refractivity contribution is -0.106. The number of aromatic carboxylic acids is 1. The number of carboxylic acids is 1. The van der Waals surface area contributed by atoms with E-state index in [1.807, 2.05) is 19.9 Å². The minimum absolute atomic E-state index is 0.152. The Hall–Kier alpha value is -1.59. The monoisotopic (exact) mass is 294 g/mol. The van der Waals surface area contributed by atoms with Gasteiger partial charge in [0.15, 0.2) is 0 Å². The third-order valence-electron chi connectivity index (χ3n) is 3.63. The molecule has 1 N–H and O–H groups in total. The Labute approximate surface area is 124 Å². The van der Waals surface area contributed by atoms with Gasteiger partial charge in [-0.15, -0.1) is 0 Å². The van der Waals surface area contributed by atoms with Crippen LogP contribution in [0.4, 0.5) is 0 Å². The summed E-state index contributed by atoms with van der Waals surface area (Å²) >= 11 is 0. The van der Waals surface area contributed by atoms with Crippen molar-refractivity contribution in [2.24, 2.45) is 0 Å². The van der Waals surface area contributed by atoms with Gasteiger partial charge in [-0.1, -0.05) is 6.07 Å². The van der Waals surface area contributed by atoms with E-state index in [2.05, 4.69) is 0 Å². The number of hydrogen-bond acceptors (Lipinski definition) is 4. The van der Waals surface area contributed by atoms with Crippen molar-refractivity contribution in [3.8, 4) is 5.75 Å². The average Bonchev–Trinajstić information content (AvgIpc) is 2.43. The Balaban J connectivity index is 2.00. The summed E-state index contributed by atoms with van der Waals surface area (Å²) in [6.45, 7) is 4.48. The van der Waals surface area contributed by atoms with E-state index in [1.165, 1.54) is 7.11 Å². The highest BCUT2D eigenvalue weighted by Gasteiger charge is 2.25. The second kappa shape index (κ2) is 6.91. The Morgan fingerprint density at radius 1 is 1.33 bits per heavy atom. The molecule has 0 aliphatic carbocycles. The summed E-state index contributed by atoms with van der Waals surface area (Å²) in [5.74, 6) is -0.637. The van der Waals surface area contributed by atoms with Crippen LogP contribution in [0.25, 0.3) is 0 Å². The van der Waals surface area contributed by atoms with Gasteiger partial charge in [-0.25, -0.2) is 4.79 Å². The van der Waals surface area contributed by atoms with Crippen molar-refractivity contribution in [2.45, 2.75) is 51.6 Å². The molecule has 0 saturated carbocycles. The summed E-state index contributed by atoms with van der Waals surface area (Å²) in [6, 6.07) is 5.10. The van der Waals surface area contributed by atoms with E-state index in [-0.39, 0.29) is 23.9 Å². The molecule has 0 spiro atoms. The van der Waals surface area contributed by atoms with Crippen molar-refractivity contribution in [3.63, 3.8) is 0 Å². The lowest BCUT2D eigenvalue weighted by Gasteiger charge is -2.32. The normalized spacial score (nSPS) is 25.6. The summed E-state index contributed by atoms with van der Waals surface area (Å²) < 4.78 is 16.6. The molecule has 116 valence electrons. The Morgan fingerprint density at radius 2 is 2.00 bits per heavy atom. The Bertz CT molecular complexity index is 489. The molecule has 0 radical (unpaired) electrons. The van der Waals surface area contributed by atoms with E-state index in [1.54, 1.807) is 12.1 Å². The molecule has 0 amide bonds. The van der Waals surface area contributed by atoms with E-state index >= 15 is 0 Å². The molecule has 0 aromatic heterocycles. The van der Waals surface area contributed by atoms with E-state index in [0.29, 0.717) is 12.4 Å². The first kappa shape index (κ1) is 15.8. The van der Waals surface area contributed by atoms with E-state index in [0.717, 1.165) is 18.4 Å². The fourth-order valence-electron chi connectivity index (χ4n) is 2.71. The quantitative estimate of drug-likeness (QED) is 0.904. The van der Waals surface area contributed by atoms with Gasteiger partial charge in [0, 0.05) is 0 Å². The van der Waals surface area contributed by atoms with Crippen molar-refractivity contribution in [1.29, 1.82) is 0 Å². The smallest absolute Gasteiger partial charge is 0.339 e. The van der Waals surface area contributed by atoms with Crippen LogP contribution in [0.2, 0.25) is 0 Å². The lowest BCUT2D eigenvalue weighted by atomic mass is 10.0. The SMILES string of the molecule is COc1ccc(COC2CC(C)OC(C)C2)cc1C(=O)O. The topological polar surface area (TPSA) is 65.0 Å². The van der Waals surface area contributed by atoms with E-state index in [4.69, 9.17) is 14.2 Å². The average molecular weight is 294 g/mol. The maximum Gasteiger partial charge on any atom is 0.339 e. The highest BCUT2D eigenvalue weighted by molar-refractivity contribution is 5.91. The number of methoxy groups -OCH3 is 1. The standard InChI is InChI=1S/C16H22O5/c1-10-6-13(7-11(2)21-10)20-9-12-4-5-15(19-3)14(8-12)16(17)18/h4-5,8,10-11,13H,6-7,9H2,1-3H3,(H,17,18). The van der Waals surface area contributed by atoms with Crippen molar-refractivity contribution in [2.75, 3.05) is 7.11 Å². The molecule has 1 aliphatic rings. The summed E-state index contributed by atoms with van der Waals surface area (Å²) in [5.41, 5.74) is 0.993. The van der Waals surface area contributed by atoms with Crippen molar-refractivity contribution in [1.82, 2.24) is 0 Å². The van der Waals surface area contributed by atoms with Gasteiger partial charge in [-0.2, -0.15) is 0 Å². The van der Waals surface area contributed by atoms with Crippen LogP contribution in [0.15, 0.2) is 18.2 Å². The maximum atomic E-state index is 11.2. The fraction of sp³-hybridized carbons (Fsp3) is 0.562. The molecule has 1 aromatic carbocycles. The predicted octanol–water partition coefficient (Wildman–Crippen LogP) is 2.87. The zero-order valence-corrected chi connectivity index (χ0v) is 12.7. The third-order valence-corrected chi connectivity index (χ3v) is 3.63. The molecule has 1 fully saturated rings. The lowest BCUT2D eigenvalue weighted by Crippen LogP contribution is -2.34. The van der Waals surface area contributed by atoms with E-state index in [9.17, 15) is 9.90 Å². The molecule has 21 heavy (non-hydrogen) atoms. The highest BCUT2D eigenvalue weighted by atomic mass is 16.5. The molecule has 2 unspecified atom stereocenters. The fourth-order valence-corrected chi connectivity index (χ4v) is 2.71. The van der Waals surface area contributed by atoms with Crippen molar-refractivity contribution < 1.29 is 24.1 Å². The van der Waals surface area contributed by atoms with Crippen LogP contribution in [0.1, 0.15) is 42.6 Å². The highest BCUT2D eigenvalue weighted by Crippen LogP contribution is 2.24. The van der Waals surface area contributed by atoms with Gasteiger partial charge in [-0.3, -0.25) is 0 Å². The molecular weight excluding hydrogens is 272 g/mol. The Kier molecular flexibility index (Phi) is 5.20. The van der Waals surface area contributed by atoms with Gasteiger partial charge in [0.25, 0.3) is 0 Å². The van der Waals surface area contributed by atoms with Crippen LogP contribution in [-0.2, 0) is 16.1 Å². The van der Waals surface area contributed by atoms with Crippen molar-refractivity contribution >= 4 is 5.97 Å². The van der Waals surface area contributed by atoms with Gasteiger partial charge in [-0.05, 0) is 44.4 Å². The summed E-state index contributed by atoms with van der Waals surface area (Å²) in [4.78, 5) is 11.2. The first-order chi connectivity index (χ1) is 9.99. The first-order valence-corrected chi connectivity index (χ1v) is 7.17. The second-order valence-electron chi connectivity index (χ2n) is 5.50. The van der Waals surface area contributed by atoms with Gasteiger partial charge in [0.2, 0.25) is 0 Å². The number of carboxylic acid groups (broad SMARTS) is 1. The number of ether oxygens (including phenoxy) is 3. The number of hydrogen-bond donors (Lipinski definition) is 1. The molecule has 2 rings (SSSR count). The van der Waals surface area contributed by atoms with Crippen LogP contribution in [0.5, 0.6) is 5.75 Å². The maximum absolute atomic E-state index is 11.2. The minimum atomic E-state index is -0.998. The predicted molar refractivity (Wildman–Crippen MR) is 77.8 cm³/mol. The van der Waals surface area contributed by atoms with E-state index < -0.39 is 5.97 Å². The molecule has 1 heterocycles. The zero-order valence-electron chi connectivity index (χ0n) is 12.7. The van der Waals surface area contributed by atoms with Crippen LogP contribution in [0, 0.1) is 0 Å². The summed E-state index contributed by atoms with van der Waals surface area (Å²) in [7, 11) is 1.46. The van der Waals surface area contributed by atoms with Crippen LogP contribution >= 0.6 is 0 Å². The largest absolute Gasteiger partial charge is 0.496 e. The van der Waals surface area contributed by atoms with Gasteiger partial charge >= 0.3 is 5.97 Å². The van der Waals surface area contributed by atoms with Gasteiger partial charge in [0.1, 0.15) is 11.3 Å². The summed E-state index contributed by atoms with van der Waals surface area (Å²) in [6.07, 6.45) is 2.28. The van der Waals surface area contributed by atoms with Crippen LogP contribution < -0.4 is 4.74 Å². The molecule has 5 nitrogen and oxygen atoms in total. The molecule has 1 saturated heterocycles. The molecule has 2 atom stereocenters. The minimum Gasteiger partial charge on any atom is -0.496 e. The number of carbonyl (C=O) groups is 1. The molecule has 1 aromatic rings. The Morgan fingerprint density at radius 3 is 2.57 bits per heavy atom. The zero-order chi connectivity index (χ0) is 15.4. The molecule has 5 heteroatoms. The van der Waals surface area contributed by atoms with Gasteiger partial charge in [0.05, 0.1) is 32.0 Å². The summed E-state index contributed by atoms with van der Waals surface area (Å²) in [5, 5.41) is 9.17. The van der Waals surface area contributed by atoms with Gasteiger partial charge < -0.3 is 19.3 Å². The third kappa shape index (κ3) is 4.19. The number of rotatable bonds is 5. The van der Waals surface area contributed by atoms with Crippen LogP contribution in [0.3, 0.4) is 0 Å². The molecule has 1 aliphatic heterocycles. The molecule has 0 bridgehead atoms. The number of benzene rings is 1. The van der Waals surface area contributed by atoms with Crippen LogP contribution in [-0.4, -0.2) is 36.5 Å². The second-order valence-corrected chi connectivity index (χ2v) is 5.50. The van der Waals surface area contributed by atoms with Crippen molar-refractivity contribution in [3.05, 3.63) is 29.3 Å². The molecular formula is C16H22O5.